The predicted molar refractivity (Wildman–Crippen MR) is 110 cm³/mol. The van der Waals surface area contributed by atoms with Gasteiger partial charge < -0.3 is 4.74 Å². The molecule has 0 amide bonds. The first-order chi connectivity index (χ1) is 12.3. The van der Waals surface area contributed by atoms with E-state index in [-0.39, 0.29) is 5.97 Å². The van der Waals surface area contributed by atoms with Crippen molar-refractivity contribution in [3.05, 3.63) is 0 Å². The normalized spacial score (nSPS) is 11.0. The van der Waals surface area contributed by atoms with Gasteiger partial charge in [-0.05, 0) is 12.8 Å². The average Bonchev–Trinajstić information content (AvgIpc) is 2.62. The summed E-state index contributed by atoms with van der Waals surface area (Å²) in [6.45, 7) is 5.12. The van der Waals surface area contributed by atoms with Crippen molar-refractivity contribution in [2.45, 2.75) is 136 Å². The Hall–Kier alpha value is -0.530. The Balaban J connectivity index is 3.11. The molecule has 0 unspecified atom stereocenters. The molecule has 0 N–H and O–H groups in total. The molecule has 0 bridgehead atoms. The van der Waals surface area contributed by atoms with Crippen LogP contribution in [-0.2, 0) is 9.53 Å². The summed E-state index contributed by atoms with van der Waals surface area (Å²) in [6, 6.07) is 0. The lowest BCUT2D eigenvalue weighted by Gasteiger charge is -2.05. The molecule has 0 atom stereocenters. The fourth-order valence-electron chi connectivity index (χ4n) is 3.25. The molecule has 0 aromatic rings. The lowest BCUT2D eigenvalue weighted by atomic mass is 10.0. The van der Waals surface area contributed by atoms with Gasteiger partial charge in [0.1, 0.15) is 0 Å². The van der Waals surface area contributed by atoms with Gasteiger partial charge in [0.2, 0.25) is 0 Å². The fourth-order valence-corrected chi connectivity index (χ4v) is 3.25. The second kappa shape index (κ2) is 21.5. The highest BCUT2D eigenvalue weighted by Gasteiger charge is 2.02. The minimum absolute atomic E-state index is 0.0126. The summed E-state index contributed by atoms with van der Waals surface area (Å²) in [6.07, 6.45) is 24.1. The van der Waals surface area contributed by atoms with E-state index in [1.54, 1.807) is 0 Å². The molecule has 0 aliphatic heterocycles. The van der Waals surface area contributed by atoms with Gasteiger partial charge in [0.05, 0.1) is 6.61 Å². The smallest absolute Gasteiger partial charge is 0.305 e. The van der Waals surface area contributed by atoms with E-state index in [0.717, 1.165) is 12.8 Å². The highest BCUT2D eigenvalue weighted by Crippen LogP contribution is 2.13. The number of hydrogen-bond acceptors (Lipinski definition) is 2. The predicted octanol–water partition coefficient (Wildman–Crippen LogP) is 7.98. The summed E-state index contributed by atoms with van der Waals surface area (Å²) in [5.74, 6) is 0.0126. The number of hydrogen-bond donors (Lipinski definition) is 0. The molecule has 0 radical (unpaired) electrons. The molecule has 0 saturated carbocycles. The summed E-state index contributed by atoms with van der Waals surface area (Å²) in [4.78, 5) is 11.6. The van der Waals surface area contributed by atoms with Gasteiger partial charge in [0, 0.05) is 6.42 Å². The second-order valence-corrected chi connectivity index (χ2v) is 7.63. The number of rotatable bonds is 20. The van der Waals surface area contributed by atoms with Crippen molar-refractivity contribution in [2.75, 3.05) is 6.61 Å². The van der Waals surface area contributed by atoms with Crippen LogP contribution in [0.4, 0.5) is 0 Å². The van der Waals surface area contributed by atoms with Crippen molar-refractivity contribution >= 4 is 5.97 Å². The Morgan fingerprint density at radius 2 is 0.880 bits per heavy atom. The molecular formula is C23H46O2. The van der Waals surface area contributed by atoms with Crippen molar-refractivity contribution in [2.24, 2.45) is 0 Å². The molecule has 25 heavy (non-hydrogen) atoms. The first-order valence-electron chi connectivity index (χ1n) is 11.5. The Kier molecular flexibility index (Phi) is 21.1. The van der Waals surface area contributed by atoms with Crippen LogP contribution in [0.25, 0.3) is 0 Å². The van der Waals surface area contributed by atoms with Crippen LogP contribution in [0.5, 0.6) is 0 Å². The van der Waals surface area contributed by atoms with Gasteiger partial charge in [0.25, 0.3) is 0 Å². The van der Waals surface area contributed by atoms with Crippen molar-refractivity contribution in [3.8, 4) is 0 Å². The van der Waals surface area contributed by atoms with Crippen LogP contribution >= 0.6 is 0 Å². The number of ether oxygens (including phenoxy) is 1. The van der Waals surface area contributed by atoms with Crippen molar-refractivity contribution in [3.63, 3.8) is 0 Å². The quantitative estimate of drug-likeness (QED) is 0.164. The molecule has 2 nitrogen and oxygen atoms in total. The van der Waals surface area contributed by atoms with Crippen LogP contribution in [0.2, 0.25) is 0 Å². The van der Waals surface area contributed by atoms with Crippen LogP contribution in [0, 0.1) is 0 Å². The Morgan fingerprint density at radius 3 is 1.32 bits per heavy atom. The Morgan fingerprint density at radius 1 is 0.520 bits per heavy atom. The summed E-state index contributed by atoms with van der Waals surface area (Å²) in [7, 11) is 0. The van der Waals surface area contributed by atoms with Crippen LogP contribution in [0.1, 0.15) is 136 Å². The highest BCUT2D eigenvalue weighted by molar-refractivity contribution is 5.69. The van der Waals surface area contributed by atoms with E-state index in [2.05, 4.69) is 13.8 Å². The number of carbonyl (C=O) groups is 1. The van der Waals surface area contributed by atoms with Gasteiger partial charge in [-0.1, -0.05) is 117 Å². The zero-order valence-electron chi connectivity index (χ0n) is 17.5. The van der Waals surface area contributed by atoms with E-state index >= 15 is 0 Å². The molecule has 0 aliphatic carbocycles. The zero-order valence-corrected chi connectivity index (χ0v) is 17.5. The van der Waals surface area contributed by atoms with E-state index in [1.165, 1.54) is 103 Å². The summed E-state index contributed by atoms with van der Waals surface area (Å²) < 4.78 is 5.29. The van der Waals surface area contributed by atoms with Crippen LogP contribution in [0.15, 0.2) is 0 Å². The third-order valence-electron chi connectivity index (χ3n) is 5.00. The van der Waals surface area contributed by atoms with Crippen LogP contribution in [-0.4, -0.2) is 12.6 Å². The number of unbranched alkanes of at least 4 members (excludes halogenated alkanes) is 16. The molecule has 0 rings (SSSR count). The molecule has 0 saturated heterocycles. The van der Waals surface area contributed by atoms with E-state index < -0.39 is 0 Å². The minimum atomic E-state index is 0.0126. The Labute approximate surface area is 158 Å². The first-order valence-corrected chi connectivity index (χ1v) is 11.5. The van der Waals surface area contributed by atoms with Crippen molar-refractivity contribution < 1.29 is 9.53 Å². The van der Waals surface area contributed by atoms with Crippen molar-refractivity contribution in [1.29, 1.82) is 0 Å². The summed E-state index contributed by atoms with van der Waals surface area (Å²) >= 11 is 0. The zero-order chi connectivity index (χ0) is 18.4. The number of carbonyl (C=O) groups excluding carboxylic acids is 1. The SMILES string of the molecule is CCCCCCCCCCCCCCCC(=O)OCCCCCCC. The van der Waals surface area contributed by atoms with Crippen LogP contribution < -0.4 is 0 Å². The molecule has 0 aliphatic rings. The largest absolute Gasteiger partial charge is 0.466 e. The van der Waals surface area contributed by atoms with E-state index in [0.29, 0.717) is 13.0 Å². The fraction of sp³-hybridized carbons (Fsp3) is 0.957. The van der Waals surface area contributed by atoms with Gasteiger partial charge in [-0.15, -0.1) is 0 Å². The molecule has 0 aromatic carbocycles. The van der Waals surface area contributed by atoms with Gasteiger partial charge in [-0.2, -0.15) is 0 Å². The summed E-state index contributed by atoms with van der Waals surface area (Å²) in [5, 5.41) is 0. The number of esters is 1. The summed E-state index contributed by atoms with van der Waals surface area (Å²) in [5.41, 5.74) is 0. The maximum atomic E-state index is 11.6. The van der Waals surface area contributed by atoms with E-state index in [1.807, 2.05) is 0 Å². The molecule has 0 aromatic heterocycles. The highest BCUT2D eigenvalue weighted by atomic mass is 16.5. The Bertz CT molecular complexity index is 263. The molecule has 150 valence electrons. The van der Waals surface area contributed by atoms with E-state index in [4.69, 9.17) is 4.74 Å². The average molecular weight is 355 g/mol. The van der Waals surface area contributed by atoms with Gasteiger partial charge in [-0.25, -0.2) is 0 Å². The third-order valence-corrected chi connectivity index (χ3v) is 5.00. The lowest BCUT2D eigenvalue weighted by Crippen LogP contribution is -2.05. The van der Waals surface area contributed by atoms with Crippen LogP contribution in [0.3, 0.4) is 0 Å². The van der Waals surface area contributed by atoms with Crippen molar-refractivity contribution in [1.82, 2.24) is 0 Å². The lowest BCUT2D eigenvalue weighted by molar-refractivity contribution is -0.143. The topological polar surface area (TPSA) is 26.3 Å². The molecule has 2 heteroatoms. The second-order valence-electron chi connectivity index (χ2n) is 7.63. The molecule has 0 fully saturated rings. The maximum Gasteiger partial charge on any atom is 0.305 e. The third kappa shape index (κ3) is 21.4. The van der Waals surface area contributed by atoms with Gasteiger partial charge in [0.15, 0.2) is 0 Å². The molecular weight excluding hydrogens is 308 g/mol. The monoisotopic (exact) mass is 354 g/mol. The minimum Gasteiger partial charge on any atom is -0.466 e. The maximum absolute atomic E-state index is 11.6. The van der Waals surface area contributed by atoms with E-state index in [9.17, 15) is 4.79 Å². The van der Waals surface area contributed by atoms with Gasteiger partial charge >= 0.3 is 5.97 Å². The standard InChI is InChI=1S/C23H46O2/c1-3-5-7-9-10-11-12-13-14-15-16-17-19-21-23(24)25-22-20-18-8-6-4-2/h3-22H2,1-2H3. The first kappa shape index (κ1) is 24.5. The molecule has 0 spiro atoms. The van der Waals surface area contributed by atoms with Gasteiger partial charge in [-0.3, -0.25) is 4.79 Å². The molecule has 0 heterocycles.